The molecule has 0 bridgehead atoms. The van der Waals surface area contributed by atoms with Crippen LogP contribution in [0.1, 0.15) is 55.2 Å². The second-order valence-corrected chi connectivity index (χ2v) is 12.4. The van der Waals surface area contributed by atoms with Gasteiger partial charge in [-0.15, -0.1) is 0 Å². The lowest BCUT2D eigenvalue weighted by atomic mass is 9.83. The predicted octanol–water partition coefficient (Wildman–Crippen LogP) is 4.94. The van der Waals surface area contributed by atoms with Crippen molar-refractivity contribution in [2.45, 2.75) is 48.8 Å². The van der Waals surface area contributed by atoms with Gasteiger partial charge in [-0.1, -0.05) is 6.42 Å². The summed E-state index contributed by atoms with van der Waals surface area (Å²) in [6.07, 6.45) is 9.78. The summed E-state index contributed by atoms with van der Waals surface area (Å²) in [6.45, 7) is 0. The summed E-state index contributed by atoms with van der Waals surface area (Å²) in [7, 11) is -0.569. The van der Waals surface area contributed by atoms with E-state index >= 15 is 8.78 Å². The largest absolute Gasteiger partial charge is 0.323 e. The van der Waals surface area contributed by atoms with E-state index in [-0.39, 0.29) is 11.9 Å². The Labute approximate surface area is 224 Å². The maximum atomic E-state index is 15.1. The highest BCUT2D eigenvalue weighted by atomic mass is 32.2. The van der Waals surface area contributed by atoms with Gasteiger partial charge in [-0.05, 0) is 43.7 Å². The summed E-state index contributed by atoms with van der Waals surface area (Å²) in [5, 5.41) is 15.2. The van der Waals surface area contributed by atoms with Gasteiger partial charge >= 0.3 is 0 Å². The highest BCUT2D eigenvalue weighted by Crippen LogP contribution is 2.48. The van der Waals surface area contributed by atoms with E-state index in [2.05, 4.69) is 20.6 Å². The van der Waals surface area contributed by atoms with E-state index in [9.17, 15) is 8.42 Å². The molecule has 2 aliphatic carbocycles. The molecule has 0 aliphatic heterocycles. The second-order valence-electron chi connectivity index (χ2n) is 10.3. The average Bonchev–Trinajstić information content (AvgIpc) is 3.42. The highest BCUT2D eigenvalue weighted by molar-refractivity contribution is 7.90. The molecule has 0 radical (unpaired) electrons. The van der Waals surface area contributed by atoms with Crippen molar-refractivity contribution < 1.29 is 17.2 Å². The van der Waals surface area contributed by atoms with Crippen molar-refractivity contribution in [3.8, 4) is 11.3 Å². The molecule has 204 valence electrons. The fraction of sp³-hybridized carbons (Fsp3) is 0.385. The minimum Gasteiger partial charge on any atom is -0.323 e. The van der Waals surface area contributed by atoms with Gasteiger partial charge in [-0.25, -0.2) is 22.2 Å². The van der Waals surface area contributed by atoms with Crippen LogP contribution < -0.4 is 10.2 Å². The van der Waals surface area contributed by atoms with Gasteiger partial charge in [-0.2, -0.15) is 15.2 Å². The predicted molar refractivity (Wildman–Crippen MR) is 142 cm³/mol. The van der Waals surface area contributed by atoms with Gasteiger partial charge in [0.25, 0.3) is 0 Å². The fourth-order valence-corrected chi connectivity index (χ4v) is 5.49. The van der Waals surface area contributed by atoms with Gasteiger partial charge in [0.15, 0.2) is 27.3 Å². The molecule has 10 nitrogen and oxygen atoms in total. The van der Waals surface area contributed by atoms with Gasteiger partial charge in [0, 0.05) is 55.4 Å². The van der Waals surface area contributed by atoms with Crippen molar-refractivity contribution in [1.82, 2.24) is 29.9 Å². The number of sulfone groups is 1. The number of aryl methyl sites for hydroxylation is 1. The molecular formula is C26H28F2N8O2S. The number of anilines is 4. The minimum absolute atomic E-state index is 0.0282. The number of nitrogens with one attached hydrogen (secondary N) is 2. The Kier molecular flexibility index (Phi) is 6.12. The van der Waals surface area contributed by atoms with Crippen molar-refractivity contribution in [2.24, 2.45) is 7.05 Å². The quantitative estimate of drug-likeness (QED) is 0.314. The van der Waals surface area contributed by atoms with Crippen LogP contribution in [0.5, 0.6) is 0 Å². The van der Waals surface area contributed by atoms with E-state index in [1.165, 1.54) is 18.4 Å². The van der Waals surface area contributed by atoms with E-state index in [1.807, 2.05) is 12.3 Å². The van der Waals surface area contributed by atoms with Crippen LogP contribution in [-0.4, -0.2) is 51.7 Å². The number of aromatic amines is 1. The summed E-state index contributed by atoms with van der Waals surface area (Å²) < 4.78 is 55.7. The van der Waals surface area contributed by atoms with Crippen LogP contribution in [0.2, 0.25) is 0 Å². The van der Waals surface area contributed by atoms with E-state index in [1.54, 1.807) is 17.9 Å². The van der Waals surface area contributed by atoms with E-state index in [0.717, 1.165) is 60.9 Å². The van der Waals surface area contributed by atoms with Crippen molar-refractivity contribution in [2.75, 3.05) is 23.5 Å². The Hall–Kier alpha value is -3.87. The standard InChI is InChI=1S/C26H28F2N8O2S/c1-35-13-16(12-29-35)23-22(15-7-8-15)25(30-21-11-20(33-34-21)14-5-4-6-14)32-26(31-23)36(2)24-18(27)9-17(10-19(24)28)39(3,37)38/h9-15H,4-8H2,1-3H3,(H2,30,31,32,33,34). The number of benzene rings is 1. The molecule has 2 fully saturated rings. The molecule has 0 atom stereocenters. The van der Waals surface area contributed by atoms with Crippen LogP contribution in [0, 0.1) is 11.6 Å². The third kappa shape index (κ3) is 4.86. The summed E-state index contributed by atoms with van der Waals surface area (Å²) >= 11 is 0. The van der Waals surface area contributed by atoms with Crippen molar-refractivity contribution in [3.05, 3.63) is 53.5 Å². The molecule has 2 aliphatic rings. The first-order valence-corrected chi connectivity index (χ1v) is 14.6. The molecule has 0 amide bonds. The Balaban J connectivity index is 1.47. The summed E-state index contributed by atoms with van der Waals surface area (Å²) in [4.78, 5) is 10.2. The molecule has 3 heterocycles. The number of hydrogen-bond donors (Lipinski definition) is 2. The molecule has 2 N–H and O–H groups in total. The maximum Gasteiger partial charge on any atom is 0.232 e. The molecule has 2 saturated carbocycles. The Morgan fingerprint density at radius 1 is 1.08 bits per heavy atom. The van der Waals surface area contributed by atoms with Crippen LogP contribution >= 0.6 is 0 Å². The van der Waals surface area contributed by atoms with Gasteiger partial charge in [0.1, 0.15) is 11.5 Å². The Morgan fingerprint density at radius 3 is 2.36 bits per heavy atom. The first-order chi connectivity index (χ1) is 18.6. The van der Waals surface area contributed by atoms with Crippen molar-refractivity contribution in [3.63, 3.8) is 0 Å². The van der Waals surface area contributed by atoms with Crippen molar-refractivity contribution >= 4 is 33.1 Å². The maximum absolute atomic E-state index is 15.1. The zero-order chi connectivity index (χ0) is 27.5. The fourth-order valence-electron chi connectivity index (χ4n) is 4.85. The second kappa shape index (κ2) is 9.40. The SMILES string of the molecule is CN(c1nc(Nc2cc(C3CCC3)[nH]n2)c(C2CC2)c(-c2cnn(C)c2)n1)c1c(F)cc(S(C)(=O)=O)cc1F. The molecule has 1 aromatic carbocycles. The zero-order valence-corrected chi connectivity index (χ0v) is 22.6. The van der Waals surface area contributed by atoms with Gasteiger partial charge in [-0.3, -0.25) is 9.78 Å². The van der Waals surface area contributed by atoms with Crippen LogP contribution in [0.3, 0.4) is 0 Å². The normalized spacial score (nSPS) is 15.8. The smallest absolute Gasteiger partial charge is 0.232 e. The van der Waals surface area contributed by atoms with Gasteiger partial charge in [0.2, 0.25) is 5.95 Å². The molecular weight excluding hydrogens is 526 g/mol. The molecule has 0 unspecified atom stereocenters. The Bertz CT molecular complexity index is 1650. The third-order valence-corrected chi connectivity index (χ3v) is 8.43. The first-order valence-electron chi connectivity index (χ1n) is 12.7. The van der Waals surface area contributed by atoms with Gasteiger partial charge in [0.05, 0.1) is 16.8 Å². The molecule has 13 heteroatoms. The monoisotopic (exact) mass is 554 g/mol. The van der Waals surface area contributed by atoms with Crippen LogP contribution in [0.25, 0.3) is 11.3 Å². The lowest BCUT2D eigenvalue weighted by Gasteiger charge is -2.23. The Morgan fingerprint density at radius 2 is 1.79 bits per heavy atom. The van der Waals surface area contributed by atoms with Crippen molar-refractivity contribution in [1.29, 1.82) is 0 Å². The number of H-pyrrole nitrogens is 1. The highest BCUT2D eigenvalue weighted by Gasteiger charge is 2.33. The molecule has 3 aromatic heterocycles. The van der Waals surface area contributed by atoms with Crippen LogP contribution in [0.15, 0.2) is 35.5 Å². The lowest BCUT2D eigenvalue weighted by molar-refractivity contribution is 0.410. The molecule has 39 heavy (non-hydrogen) atoms. The lowest BCUT2D eigenvalue weighted by Crippen LogP contribution is -2.19. The zero-order valence-electron chi connectivity index (χ0n) is 21.7. The summed E-state index contributed by atoms with van der Waals surface area (Å²) in [6, 6.07) is 3.57. The molecule has 0 saturated heterocycles. The molecule has 0 spiro atoms. The average molecular weight is 555 g/mol. The topological polar surface area (TPSA) is 122 Å². The number of nitrogens with zero attached hydrogens (tertiary/aromatic N) is 6. The van der Waals surface area contributed by atoms with Crippen LogP contribution in [-0.2, 0) is 16.9 Å². The minimum atomic E-state index is -3.81. The number of halogens is 2. The van der Waals surface area contributed by atoms with E-state index in [4.69, 9.17) is 9.97 Å². The summed E-state index contributed by atoms with van der Waals surface area (Å²) in [5.74, 6) is -0.276. The van der Waals surface area contributed by atoms with Gasteiger partial charge < -0.3 is 10.2 Å². The number of rotatable bonds is 8. The van der Waals surface area contributed by atoms with Crippen LogP contribution in [0.4, 0.5) is 32.1 Å². The molecule has 4 aromatic rings. The molecule has 6 rings (SSSR count). The first kappa shape index (κ1) is 25.4. The van der Waals surface area contributed by atoms with E-state index < -0.39 is 32.1 Å². The number of aromatic nitrogens is 6. The third-order valence-electron chi connectivity index (χ3n) is 7.34. The summed E-state index contributed by atoms with van der Waals surface area (Å²) in [5.41, 5.74) is 2.84. The number of hydrogen-bond acceptors (Lipinski definition) is 8. The van der Waals surface area contributed by atoms with E-state index in [0.29, 0.717) is 23.2 Å².